The second-order valence-corrected chi connectivity index (χ2v) is 6.59. The van der Waals surface area contributed by atoms with Crippen molar-refractivity contribution < 1.29 is 9.32 Å². The van der Waals surface area contributed by atoms with E-state index in [9.17, 15) is 9.32 Å². The lowest BCUT2D eigenvalue weighted by atomic mass is 10.4. The number of thiophene rings is 1. The van der Waals surface area contributed by atoms with Crippen molar-refractivity contribution in [1.29, 1.82) is 0 Å². The molecule has 0 spiro atoms. The van der Waals surface area contributed by atoms with Crippen LogP contribution in [-0.4, -0.2) is 17.6 Å². The normalized spacial score (nSPS) is 13.3. The second kappa shape index (κ2) is 3.41. The van der Waals surface area contributed by atoms with Crippen LogP contribution in [0.5, 0.6) is 0 Å². The maximum Gasteiger partial charge on any atom is 0.180 e. The molecule has 0 unspecified atom stereocenters. The van der Waals surface area contributed by atoms with Crippen molar-refractivity contribution in [2.24, 2.45) is 0 Å². The molecule has 1 aromatic heterocycles. The molecule has 1 rings (SSSR count). The van der Waals surface area contributed by atoms with Crippen molar-refractivity contribution in [1.82, 2.24) is 0 Å². The Balaban J connectivity index is 2.93. The van der Waals surface area contributed by atoms with E-state index in [-0.39, 0.29) is 5.76 Å². The smallest absolute Gasteiger partial charge is 0.180 e. The monoisotopic (exact) mass is 203 g/mol. The maximum atomic E-state index is 11.3. The van der Waals surface area contributed by atoms with E-state index in [4.69, 9.17) is 0 Å². The average molecular weight is 203 g/mol. The Morgan fingerprint density at radius 1 is 1.67 bits per heavy atom. The number of hydrogen-bond acceptors (Lipinski definition) is 3. The van der Waals surface area contributed by atoms with Gasteiger partial charge in [-0.2, -0.15) is 0 Å². The molecule has 0 aliphatic heterocycles. The van der Waals surface area contributed by atoms with E-state index in [1.807, 2.05) is 11.4 Å². The molecule has 0 fully saturated rings. The van der Waals surface area contributed by atoms with Gasteiger partial charge in [0.25, 0.3) is 0 Å². The number of aliphatic hydroxyl groups is 1. The summed E-state index contributed by atoms with van der Waals surface area (Å²) in [6, 6.07) is 3.64. The van der Waals surface area contributed by atoms with E-state index in [0.29, 0.717) is 0 Å². The zero-order valence-electron chi connectivity index (χ0n) is 6.98. The SMILES string of the molecule is C[S+](C)(=O)/C=C(\O)c1cccs1. The fraction of sp³-hybridized carbons (Fsp3) is 0.250. The minimum Gasteiger partial charge on any atom is -0.503 e. The van der Waals surface area contributed by atoms with Crippen LogP contribution in [0.2, 0.25) is 0 Å². The van der Waals surface area contributed by atoms with Gasteiger partial charge in [0.2, 0.25) is 0 Å². The molecule has 0 aliphatic carbocycles. The van der Waals surface area contributed by atoms with E-state index in [1.165, 1.54) is 16.7 Å². The molecular formula is C8H11O2S2+. The Bertz CT molecular complexity index is 319. The van der Waals surface area contributed by atoms with Gasteiger partial charge < -0.3 is 5.11 Å². The first-order valence-corrected chi connectivity index (χ1v) is 6.69. The molecule has 1 heterocycles. The van der Waals surface area contributed by atoms with Crippen LogP contribution in [0.4, 0.5) is 0 Å². The molecule has 0 aromatic carbocycles. The van der Waals surface area contributed by atoms with Crippen LogP contribution in [0.3, 0.4) is 0 Å². The number of rotatable bonds is 2. The quantitative estimate of drug-likeness (QED) is 0.592. The van der Waals surface area contributed by atoms with E-state index in [0.717, 1.165) is 4.88 Å². The van der Waals surface area contributed by atoms with Gasteiger partial charge in [-0.25, -0.2) is 0 Å². The van der Waals surface area contributed by atoms with Crippen LogP contribution in [0.25, 0.3) is 5.76 Å². The topological polar surface area (TPSA) is 37.3 Å². The van der Waals surface area contributed by atoms with Gasteiger partial charge in [-0.15, -0.1) is 15.5 Å². The molecule has 12 heavy (non-hydrogen) atoms. The van der Waals surface area contributed by atoms with E-state index >= 15 is 0 Å². The molecule has 1 N–H and O–H groups in total. The minimum atomic E-state index is -2.00. The van der Waals surface area contributed by atoms with Crippen molar-refractivity contribution in [2.45, 2.75) is 0 Å². The fourth-order valence-corrected chi connectivity index (χ4v) is 2.13. The van der Waals surface area contributed by atoms with Crippen molar-refractivity contribution >= 4 is 27.0 Å². The molecule has 2 nitrogen and oxygen atoms in total. The summed E-state index contributed by atoms with van der Waals surface area (Å²) in [5, 5.41) is 12.7. The molecule has 0 bridgehead atoms. The summed E-state index contributed by atoms with van der Waals surface area (Å²) in [5.41, 5.74) is 0. The first-order valence-electron chi connectivity index (χ1n) is 3.38. The number of hydrogen-bond donors (Lipinski definition) is 1. The van der Waals surface area contributed by atoms with E-state index in [1.54, 1.807) is 18.6 Å². The Labute approximate surface area is 77.0 Å². The standard InChI is InChI=1S/C8H10O2S2/c1-12(2,10)6-7(9)8-4-3-5-11-8/h3-6H,1-2H3/p+1. The predicted octanol–water partition coefficient (Wildman–Crippen LogP) is 2.36. The highest BCUT2D eigenvalue weighted by atomic mass is 32.2. The lowest BCUT2D eigenvalue weighted by molar-refractivity contribution is 0.514. The highest BCUT2D eigenvalue weighted by Crippen LogP contribution is 2.19. The van der Waals surface area contributed by atoms with Gasteiger partial charge in [-0.1, -0.05) is 6.07 Å². The maximum absolute atomic E-state index is 11.3. The fourth-order valence-electron chi connectivity index (χ4n) is 0.751. The zero-order chi connectivity index (χ0) is 9.19. The molecule has 0 amide bonds. The summed E-state index contributed by atoms with van der Waals surface area (Å²) in [6.07, 6.45) is 3.19. The van der Waals surface area contributed by atoms with Gasteiger partial charge in [0, 0.05) is 0 Å². The van der Waals surface area contributed by atoms with Crippen molar-refractivity contribution in [3.63, 3.8) is 0 Å². The Hall–Kier alpha value is -0.610. The third-order valence-corrected chi connectivity index (χ3v) is 2.85. The number of aliphatic hydroxyl groups excluding tert-OH is 1. The predicted molar refractivity (Wildman–Crippen MR) is 54.8 cm³/mol. The van der Waals surface area contributed by atoms with Gasteiger partial charge >= 0.3 is 0 Å². The highest BCUT2D eigenvalue weighted by Gasteiger charge is 2.12. The first-order chi connectivity index (χ1) is 5.49. The summed E-state index contributed by atoms with van der Waals surface area (Å²) in [7, 11) is -2.00. The van der Waals surface area contributed by atoms with Crippen molar-refractivity contribution in [3.05, 3.63) is 27.8 Å². The molecule has 0 saturated heterocycles. The molecule has 4 heteroatoms. The van der Waals surface area contributed by atoms with Gasteiger partial charge in [-0.05, 0) is 11.4 Å². The van der Waals surface area contributed by atoms with Crippen LogP contribution in [0, 0.1) is 0 Å². The van der Waals surface area contributed by atoms with Gasteiger partial charge in [0.1, 0.15) is 22.4 Å². The van der Waals surface area contributed by atoms with Gasteiger partial charge in [0.15, 0.2) is 11.2 Å². The third kappa shape index (κ3) is 2.79. The van der Waals surface area contributed by atoms with Crippen LogP contribution >= 0.6 is 11.3 Å². The summed E-state index contributed by atoms with van der Waals surface area (Å²) in [5.74, 6) is 0.111. The highest BCUT2D eigenvalue weighted by molar-refractivity contribution is 8.04. The molecule has 0 aliphatic rings. The first kappa shape index (κ1) is 9.48. The van der Waals surface area contributed by atoms with Crippen LogP contribution < -0.4 is 0 Å². The van der Waals surface area contributed by atoms with Crippen LogP contribution in [0.1, 0.15) is 4.88 Å². The Morgan fingerprint density at radius 3 is 2.75 bits per heavy atom. The minimum absolute atomic E-state index is 0.111. The lowest BCUT2D eigenvalue weighted by Gasteiger charge is -1.94. The van der Waals surface area contributed by atoms with Gasteiger partial charge in [-0.3, -0.25) is 0 Å². The van der Waals surface area contributed by atoms with E-state index < -0.39 is 9.93 Å². The lowest BCUT2D eigenvalue weighted by Crippen LogP contribution is -1.99. The molecule has 1 aromatic rings. The molecular weight excluding hydrogens is 192 g/mol. The summed E-state index contributed by atoms with van der Waals surface area (Å²) < 4.78 is 11.3. The van der Waals surface area contributed by atoms with Gasteiger partial charge in [0.05, 0.1) is 4.88 Å². The summed E-state index contributed by atoms with van der Waals surface area (Å²) in [4.78, 5) is 0.756. The second-order valence-electron chi connectivity index (χ2n) is 2.79. The largest absolute Gasteiger partial charge is 0.503 e. The zero-order valence-corrected chi connectivity index (χ0v) is 8.61. The molecule has 0 saturated carbocycles. The Kier molecular flexibility index (Phi) is 2.69. The Morgan fingerprint density at radius 2 is 2.33 bits per heavy atom. The molecule has 0 atom stereocenters. The average Bonchev–Trinajstić information content (AvgIpc) is 2.32. The molecule has 0 radical (unpaired) electrons. The van der Waals surface area contributed by atoms with Crippen LogP contribution in [-0.2, 0) is 14.1 Å². The summed E-state index contributed by atoms with van der Waals surface area (Å²) in [6.45, 7) is 0. The summed E-state index contributed by atoms with van der Waals surface area (Å²) >= 11 is 1.43. The molecule has 66 valence electrons. The van der Waals surface area contributed by atoms with Crippen LogP contribution in [0.15, 0.2) is 22.9 Å². The third-order valence-electron chi connectivity index (χ3n) is 1.17. The van der Waals surface area contributed by atoms with Crippen molar-refractivity contribution in [3.8, 4) is 0 Å². The van der Waals surface area contributed by atoms with Crippen molar-refractivity contribution in [2.75, 3.05) is 12.5 Å². The van der Waals surface area contributed by atoms with E-state index in [2.05, 4.69) is 0 Å².